The first-order chi connectivity index (χ1) is 8.23. The van der Waals surface area contributed by atoms with E-state index in [-0.39, 0.29) is 6.61 Å². The Labute approximate surface area is 108 Å². The van der Waals surface area contributed by atoms with Crippen LogP contribution >= 0.6 is 0 Å². The molecule has 0 spiro atoms. The first kappa shape index (κ1) is 16.7. The van der Waals surface area contributed by atoms with E-state index in [2.05, 4.69) is 5.32 Å². The van der Waals surface area contributed by atoms with Crippen LogP contribution in [0.1, 0.15) is 34.1 Å². The Morgan fingerprint density at radius 3 is 2.22 bits per heavy atom. The molecule has 0 aliphatic heterocycles. The van der Waals surface area contributed by atoms with E-state index < -0.39 is 23.5 Å². The van der Waals surface area contributed by atoms with Gasteiger partial charge >= 0.3 is 12.0 Å². The Bertz CT molecular complexity index is 286. The zero-order chi connectivity index (χ0) is 14.3. The van der Waals surface area contributed by atoms with Crippen molar-refractivity contribution in [1.29, 1.82) is 0 Å². The maximum absolute atomic E-state index is 11.9. The van der Waals surface area contributed by atoms with Crippen LogP contribution < -0.4 is 5.32 Å². The number of aliphatic hydroxyl groups is 1. The molecular formula is C12H24N2O4. The van der Waals surface area contributed by atoms with Crippen molar-refractivity contribution in [3.8, 4) is 0 Å². The van der Waals surface area contributed by atoms with Gasteiger partial charge in [0, 0.05) is 19.7 Å². The Balaban J connectivity index is 4.62. The highest BCUT2D eigenvalue weighted by Gasteiger charge is 2.33. The van der Waals surface area contributed by atoms with Crippen LogP contribution in [0.25, 0.3) is 0 Å². The number of nitrogens with zero attached hydrogens (tertiary/aromatic N) is 1. The third-order valence-electron chi connectivity index (χ3n) is 2.64. The van der Waals surface area contributed by atoms with Gasteiger partial charge in [-0.3, -0.25) is 0 Å². The molecular weight excluding hydrogens is 236 g/mol. The molecule has 0 heterocycles. The highest BCUT2D eigenvalue weighted by Crippen LogP contribution is 2.19. The lowest BCUT2D eigenvalue weighted by atomic mass is 9.87. The number of rotatable bonds is 6. The highest BCUT2D eigenvalue weighted by molar-refractivity contribution is 5.83. The minimum atomic E-state index is -1.05. The molecule has 0 saturated heterocycles. The van der Waals surface area contributed by atoms with Crippen molar-refractivity contribution in [3.63, 3.8) is 0 Å². The van der Waals surface area contributed by atoms with Crippen LogP contribution in [0.3, 0.4) is 0 Å². The summed E-state index contributed by atoms with van der Waals surface area (Å²) in [5.74, 6) is -1.05. The average Bonchev–Trinajstić information content (AvgIpc) is 2.24. The van der Waals surface area contributed by atoms with Gasteiger partial charge in [-0.1, -0.05) is 20.8 Å². The second kappa shape index (κ2) is 7.20. The Hall–Kier alpha value is -1.30. The standard InChI is InChI=1S/C12H24N2O4/c1-5-14(7-6-8-15)11(18)13-9(10(16)17)12(2,3)4/h9,15H,5-8H2,1-4H3,(H,13,18)(H,16,17)/t9-/m0/s1. The number of aliphatic hydroxyl groups excluding tert-OH is 1. The molecule has 0 saturated carbocycles. The molecule has 1 atom stereocenters. The van der Waals surface area contributed by atoms with Gasteiger partial charge in [-0.05, 0) is 18.8 Å². The summed E-state index contributed by atoms with van der Waals surface area (Å²) in [6.45, 7) is 7.98. The van der Waals surface area contributed by atoms with Crippen molar-refractivity contribution in [2.75, 3.05) is 19.7 Å². The maximum Gasteiger partial charge on any atom is 0.326 e. The minimum Gasteiger partial charge on any atom is -0.480 e. The first-order valence-electron chi connectivity index (χ1n) is 6.13. The van der Waals surface area contributed by atoms with Gasteiger partial charge in [-0.25, -0.2) is 9.59 Å². The summed E-state index contributed by atoms with van der Waals surface area (Å²) in [4.78, 5) is 24.5. The lowest BCUT2D eigenvalue weighted by Crippen LogP contribution is -2.53. The van der Waals surface area contributed by atoms with Gasteiger partial charge in [0.25, 0.3) is 0 Å². The number of carbonyl (C=O) groups is 2. The fraction of sp³-hybridized carbons (Fsp3) is 0.833. The molecule has 0 aromatic rings. The third kappa shape index (κ3) is 5.35. The summed E-state index contributed by atoms with van der Waals surface area (Å²) in [5, 5.41) is 20.4. The summed E-state index contributed by atoms with van der Waals surface area (Å²) in [5.41, 5.74) is -0.558. The molecule has 0 fully saturated rings. The van der Waals surface area contributed by atoms with E-state index in [9.17, 15) is 9.59 Å². The number of carbonyl (C=O) groups excluding carboxylic acids is 1. The predicted molar refractivity (Wildman–Crippen MR) is 68.4 cm³/mol. The molecule has 0 bridgehead atoms. The van der Waals surface area contributed by atoms with Gasteiger partial charge in [0.05, 0.1) is 0 Å². The van der Waals surface area contributed by atoms with Crippen LogP contribution in [0.2, 0.25) is 0 Å². The minimum absolute atomic E-state index is 0.00537. The Morgan fingerprint density at radius 2 is 1.89 bits per heavy atom. The summed E-state index contributed by atoms with van der Waals surface area (Å²) in [6, 6.07) is -1.35. The number of amides is 2. The molecule has 0 aliphatic carbocycles. The van der Waals surface area contributed by atoms with Gasteiger partial charge in [-0.15, -0.1) is 0 Å². The van der Waals surface area contributed by atoms with E-state index in [1.807, 2.05) is 6.92 Å². The number of hydrogen-bond acceptors (Lipinski definition) is 3. The normalized spacial score (nSPS) is 12.9. The number of carboxylic acids is 1. The van der Waals surface area contributed by atoms with E-state index >= 15 is 0 Å². The molecule has 6 nitrogen and oxygen atoms in total. The molecule has 0 unspecified atom stereocenters. The van der Waals surface area contributed by atoms with Crippen LogP contribution in [0.4, 0.5) is 4.79 Å². The number of aliphatic carboxylic acids is 1. The van der Waals surface area contributed by atoms with E-state index in [1.54, 1.807) is 20.8 Å². The molecule has 18 heavy (non-hydrogen) atoms. The van der Waals surface area contributed by atoms with E-state index in [1.165, 1.54) is 4.90 Å². The summed E-state index contributed by atoms with van der Waals surface area (Å²) in [7, 11) is 0. The van der Waals surface area contributed by atoms with Crippen molar-refractivity contribution in [1.82, 2.24) is 10.2 Å². The Kier molecular flexibility index (Phi) is 6.68. The second-order valence-corrected chi connectivity index (χ2v) is 5.24. The van der Waals surface area contributed by atoms with Crippen LogP contribution in [0.15, 0.2) is 0 Å². The highest BCUT2D eigenvalue weighted by atomic mass is 16.4. The largest absolute Gasteiger partial charge is 0.480 e. The van der Waals surface area contributed by atoms with Crippen LogP contribution in [-0.2, 0) is 4.79 Å². The molecule has 0 rings (SSSR count). The molecule has 0 aliphatic rings. The monoisotopic (exact) mass is 260 g/mol. The maximum atomic E-state index is 11.9. The lowest BCUT2D eigenvalue weighted by molar-refractivity contribution is -0.142. The van der Waals surface area contributed by atoms with Crippen LogP contribution in [-0.4, -0.2) is 52.9 Å². The van der Waals surface area contributed by atoms with Gasteiger partial charge in [0.15, 0.2) is 0 Å². The SMILES string of the molecule is CCN(CCCO)C(=O)N[C@@H](C(=O)O)C(C)(C)C. The molecule has 6 heteroatoms. The van der Waals surface area contributed by atoms with Gasteiger partial charge in [0.1, 0.15) is 6.04 Å². The van der Waals surface area contributed by atoms with Gasteiger partial charge < -0.3 is 20.4 Å². The molecule has 106 valence electrons. The zero-order valence-corrected chi connectivity index (χ0v) is 11.6. The number of hydrogen-bond donors (Lipinski definition) is 3. The average molecular weight is 260 g/mol. The van der Waals surface area contributed by atoms with Crippen molar-refractivity contribution in [3.05, 3.63) is 0 Å². The fourth-order valence-electron chi connectivity index (χ4n) is 1.53. The van der Waals surface area contributed by atoms with Crippen molar-refractivity contribution < 1.29 is 19.8 Å². The van der Waals surface area contributed by atoms with Crippen molar-refractivity contribution in [2.24, 2.45) is 5.41 Å². The topological polar surface area (TPSA) is 89.9 Å². The smallest absolute Gasteiger partial charge is 0.326 e. The summed E-state index contributed by atoms with van der Waals surface area (Å²) >= 11 is 0. The fourth-order valence-corrected chi connectivity index (χ4v) is 1.53. The van der Waals surface area contributed by atoms with Gasteiger partial charge in [0.2, 0.25) is 0 Å². The molecule has 0 aromatic heterocycles. The van der Waals surface area contributed by atoms with Crippen LogP contribution in [0.5, 0.6) is 0 Å². The predicted octanol–water partition coefficient (Wildman–Crippen LogP) is 0.900. The van der Waals surface area contributed by atoms with E-state index in [0.29, 0.717) is 19.5 Å². The van der Waals surface area contributed by atoms with Crippen LogP contribution in [0, 0.1) is 5.41 Å². The molecule has 0 aromatic carbocycles. The second-order valence-electron chi connectivity index (χ2n) is 5.24. The quantitative estimate of drug-likeness (QED) is 0.662. The first-order valence-corrected chi connectivity index (χ1v) is 6.13. The van der Waals surface area contributed by atoms with E-state index in [0.717, 1.165) is 0 Å². The zero-order valence-electron chi connectivity index (χ0n) is 11.6. The van der Waals surface area contributed by atoms with Crippen molar-refractivity contribution >= 4 is 12.0 Å². The molecule has 2 amide bonds. The van der Waals surface area contributed by atoms with Crippen molar-refractivity contribution in [2.45, 2.75) is 40.2 Å². The summed E-state index contributed by atoms with van der Waals surface area (Å²) in [6.07, 6.45) is 0.481. The Morgan fingerprint density at radius 1 is 1.33 bits per heavy atom. The lowest BCUT2D eigenvalue weighted by Gasteiger charge is -2.30. The molecule has 3 N–H and O–H groups in total. The molecule has 0 radical (unpaired) electrons. The summed E-state index contributed by atoms with van der Waals surface area (Å²) < 4.78 is 0. The van der Waals surface area contributed by atoms with Gasteiger partial charge in [-0.2, -0.15) is 0 Å². The number of urea groups is 1. The third-order valence-corrected chi connectivity index (χ3v) is 2.64. The number of nitrogens with one attached hydrogen (secondary N) is 1. The number of carboxylic acid groups (broad SMARTS) is 1. The van der Waals surface area contributed by atoms with E-state index in [4.69, 9.17) is 10.2 Å².